The molecular weight excluding hydrogens is 264 g/mol. The van der Waals surface area contributed by atoms with Crippen LogP contribution in [-0.2, 0) is 9.59 Å². The monoisotopic (exact) mass is 296 g/mol. The van der Waals surface area contributed by atoms with Crippen LogP contribution in [0.1, 0.15) is 78.1 Å². The molecular formula is C17H32N2O2. The number of primary amides is 1. The Morgan fingerprint density at radius 1 is 1.19 bits per heavy atom. The van der Waals surface area contributed by atoms with Crippen LogP contribution in [0.3, 0.4) is 0 Å². The molecule has 1 heterocycles. The van der Waals surface area contributed by atoms with Gasteiger partial charge < -0.3 is 10.6 Å². The van der Waals surface area contributed by atoms with Gasteiger partial charge in [0.2, 0.25) is 11.8 Å². The van der Waals surface area contributed by atoms with Crippen LogP contribution >= 0.6 is 0 Å². The molecule has 2 unspecified atom stereocenters. The molecule has 1 rings (SSSR count). The van der Waals surface area contributed by atoms with Crippen molar-refractivity contribution in [3.05, 3.63) is 0 Å². The number of hydrogen-bond acceptors (Lipinski definition) is 2. The van der Waals surface area contributed by atoms with E-state index in [0.29, 0.717) is 12.3 Å². The van der Waals surface area contributed by atoms with E-state index in [-0.39, 0.29) is 17.9 Å². The smallest absolute Gasteiger partial charge is 0.240 e. The zero-order valence-corrected chi connectivity index (χ0v) is 13.8. The molecule has 0 aromatic heterocycles. The summed E-state index contributed by atoms with van der Waals surface area (Å²) < 4.78 is 0. The van der Waals surface area contributed by atoms with Crippen molar-refractivity contribution in [2.24, 2.45) is 11.7 Å². The van der Waals surface area contributed by atoms with Crippen LogP contribution in [0.15, 0.2) is 0 Å². The van der Waals surface area contributed by atoms with Crippen molar-refractivity contribution < 1.29 is 9.59 Å². The van der Waals surface area contributed by atoms with Crippen molar-refractivity contribution in [2.75, 3.05) is 6.54 Å². The van der Waals surface area contributed by atoms with Gasteiger partial charge in [0.1, 0.15) is 6.04 Å². The Kier molecular flexibility index (Phi) is 8.40. The molecule has 0 bridgehead atoms. The van der Waals surface area contributed by atoms with Gasteiger partial charge in [-0.2, -0.15) is 0 Å². The summed E-state index contributed by atoms with van der Waals surface area (Å²) >= 11 is 0. The molecule has 0 aromatic rings. The van der Waals surface area contributed by atoms with Crippen molar-refractivity contribution in [1.29, 1.82) is 0 Å². The van der Waals surface area contributed by atoms with Gasteiger partial charge in [0.15, 0.2) is 0 Å². The molecule has 1 saturated heterocycles. The molecule has 21 heavy (non-hydrogen) atoms. The van der Waals surface area contributed by atoms with Crippen molar-refractivity contribution in [2.45, 2.75) is 84.1 Å². The molecule has 122 valence electrons. The quantitative estimate of drug-likeness (QED) is 0.595. The predicted octanol–water partition coefficient (Wildman–Crippen LogP) is 3.24. The second-order valence-corrected chi connectivity index (χ2v) is 6.38. The predicted molar refractivity (Wildman–Crippen MR) is 85.7 cm³/mol. The third-order valence-electron chi connectivity index (χ3n) is 4.49. The molecule has 0 radical (unpaired) electrons. The Balaban J connectivity index is 2.46. The Bertz CT molecular complexity index is 331. The van der Waals surface area contributed by atoms with Crippen molar-refractivity contribution in [1.82, 2.24) is 4.90 Å². The summed E-state index contributed by atoms with van der Waals surface area (Å²) in [5, 5.41) is 0. The van der Waals surface area contributed by atoms with E-state index in [4.69, 9.17) is 5.73 Å². The third-order valence-corrected chi connectivity index (χ3v) is 4.49. The molecule has 2 N–H and O–H groups in total. The lowest BCUT2D eigenvalue weighted by Crippen LogP contribution is -2.45. The van der Waals surface area contributed by atoms with Gasteiger partial charge in [-0.25, -0.2) is 0 Å². The SMILES string of the molecule is CCCCCCC(C(N)=O)N1CC(CCCCC)CC1=O. The van der Waals surface area contributed by atoms with E-state index in [1.165, 1.54) is 32.1 Å². The number of likely N-dealkylation sites (tertiary alicyclic amines) is 1. The summed E-state index contributed by atoms with van der Waals surface area (Å²) in [5.41, 5.74) is 5.53. The number of unbranched alkanes of at least 4 members (excludes halogenated alkanes) is 5. The molecule has 0 spiro atoms. The molecule has 0 saturated carbocycles. The second-order valence-electron chi connectivity index (χ2n) is 6.38. The van der Waals surface area contributed by atoms with Crippen LogP contribution in [0.25, 0.3) is 0 Å². The molecule has 0 aliphatic carbocycles. The highest BCUT2D eigenvalue weighted by Crippen LogP contribution is 2.26. The number of nitrogens with two attached hydrogens (primary N) is 1. The van der Waals surface area contributed by atoms with E-state index in [1.807, 2.05) is 0 Å². The second kappa shape index (κ2) is 9.80. The number of nitrogens with zero attached hydrogens (tertiary/aromatic N) is 1. The van der Waals surface area contributed by atoms with Crippen molar-refractivity contribution in [3.8, 4) is 0 Å². The van der Waals surface area contributed by atoms with Gasteiger partial charge in [0, 0.05) is 13.0 Å². The highest BCUT2D eigenvalue weighted by molar-refractivity contribution is 5.87. The summed E-state index contributed by atoms with van der Waals surface area (Å²) in [6.45, 7) is 5.08. The number of rotatable bonds is 11. The minimum absolute atomic E-state index is 0.121. The number of carbonyl (C=O) groups excluding carboxylic acids is 2. The van der Waals surface area contributed by atoms with Gasteiger partial charge in [0.25, 0.3) is 0 Å². The first kappa shape index (κ1) is 18.0. The fraction of sp³-hybridized carbons (Fsp3) is 0.882. The standard InChI is InChI=1S/C17H32N2O2/c1-3-5-7-9-11-15(17(18)21)19-13-14(12-16(19)20)10-8-6-4-2/h14-15H,3-13H2,1-2H3,(H2,18,21). The van der Waals surface area contributed by atoms with Crippen LogP contribution in [0.5, 0.6) is 0 Å². The molecule has 2 atom stereocenters. The maximum atomic E-state index is 12.2. The molecule has 1 fully saturated rings. The summed E-state index contributed by atoms with van der Waals surface area (Å²) in [5.74, 6) is 0.200. The lowest BCUT2D eigenvalue weighted by atomic mass is 10.0. The average molecular weight is 296 g/mol. The van der Waals surface area contributed by atoms with Crippen LogP contribution in [-0.4, -0.2) is 29.3 Å². The van der Waals surface area contributed by atoms with E-state index in [1.54, 1.807) is 4.90 Å². The topological polar surface area (TPSA) is 63.4 Å². The van der Waals surface area contributed by atoms with Gasteiger partial charge in [-0.1, -0.05) is 58.8 Å². The first-order valence-electron chi connectivity index (χ1n) is 8.68. The molecule has 1 aliphatic rings. The Morgan fingerprint density at radius 3 is 2.48 bits per heavy atom. The largest absolute Gasteiger partial charge is 0.368 e. The molecule has 0 aromatic carbocycles. The van der Waals surface area contributed by atoms with E-state index >= 15 is 0 Å². The van der Waals surface area contributed by atoms with Gasteiger partial charge in [0.05, 0.1) is 0 Å². The third kappa shape index (κ3) is 6.06. The van der Waals surface area contributed by atoms with Gasteiger partial charge >= 0.3 is 0 Å². The minimum atomic E-state index is -0.384. The fourth-order valence-electron chi connectivity index (χ4n) is 3.20. The van der Waals surface area contributed by atoms with E-state index in [0.717, 1.165) is 32.2 Å². The summed E-state index contributed by atoms with van der Waals surface area (Å²) in [4.78, 5) is 25.6. The van der Waals surface area contributed by atoms with E-state index in [9.17, 15) is 9.59 Å². The lowest BCUT2D eigenvalue weighted by molar-refractivity contribution is -0.136. The summed E-state index contributed by atoms with van der Waals surface area (Å²) in [6.07, 6.45) is 10.5. The zero-order valence-electron chi connectivity index (χ0n) is 13.8. The maximum Gasteiger partial charge on any atom is 0.240 e. The summed E-state index contributed by atoms with van der Waals surface area (Å²) in [6, 6.07) is -0.384. The Morgan fingerprint density at radius 2 is 1.86 bits per heavy atom. The minimum Gasteiger partial charge on any atom is -0.368 e. The Labute approximate surface area is 129 Å². The number of amides is 2. The van der Waals surface area contributed by atoms with Gasteiger partial charge in [-0.05, 0) is 18.8 Å². The van der Waals surface area contributed by atoms with E-state index < -0.39 is 0 Å². The summed E-state index contributed by atoms with van der Waals surface area (Å²) in [7, 11) is 0. The normalized spacial score (nSPS) is 20.0. The molecule has 1 aliphatic heterocycles. The number of carbonyl (C=O) groups is 2. The lowest BCUT2D eigenvalue weighted by Gasteiger charge is -2.25. The molecule has 4 nitrogen and oxygen atoms in total. The highest BCUT2D eigenvalue weighted by Gasteiger charge is 2.35. The van der Waals surface area contributed by atoms with Gasteiger partial charge in [-0.15, -0.1) is 0 Å². The van der Waals surface area contributed by atoms with Gasteiger partial charge in [-0.3, -0.25) is 9.59 Å². The highest BCUT2D eigenvalue weighted by atomic mass is 16.2. The van der Waals surface area contributed by atoms with Crippen LogP contribution in [0, 0.1) is 5.92 Å². The Hall–Kier alpha value is -1.06. The zero-order chi connectivity index (χ0) is 15.7. The van der Waals surface area contributed by atoms with Crippen molar-refractivity contribution >= 4 is 11.8 Å². The molecule has 4 heteroatoms. The fourth-order valence-corrected chi connectivity index (χ4v) is 3.20. The first-order chi connectivity index (χ1) is 10.1. The average Bonchev–Trinajstić information content (AvgIpc) is 2.80. The number of hydrogen-bond donors (Lipinski definition) is 1. The van der Waals surface area contributed by atoms with Crippen LogP contribution in [0.4, 0.5) is 0 Å². The van der Waals surface area contributed by atoms with Crippen LogP contribution < -0.4 is 5.73 Å². The molecule has 2 amide bonds. The van der Waals surface area contributed by atoms with Crippen molar-refractivity contribution in [3.63, 3.8) is 0 Å². The first-order valence-corrected chi connectivity index (χ1v) is 8.68. The van der Waals surface area contributed by atoms with E-state index in [2.05, 4.69) is 13.8 Å². The van der Waals surface area contributed by atoms with Crippen LogP contribution in [0.2, 0.25) is 0 Å². The maximum absolute atomic E-state index is 12.2.